The van der Waals surface area contributed by atoms with Gasteiger partial charge in [-0.25, -0.2) is 9.37 Å². The van der Waals surface area contributed by atoms with Gasteiger partial charge in [0, 0.05) is 42.3 Å². The Morgan fingerprint density at radius 3 is 2.48 bits per heavy atom. The lowest BCUT2D eigenvalue weighted by Crippen LogP contribution is -2.11. The lowest BCUT2D eigenvalue weighted by atomic mass is 10.1. The second kappa shape index (κ2) is 6.62. The maximum absolute atomic E-state index is 13.2. The Morgan fingerprint density at radius 2 is 1.83 bits per heavy atom. The molecular weight excluding hydrogens is 315 g/mol. The van der Waals surface area contributed by atoms with E-state index in [1.165, 1.54) is 12.1 Å². The van der Waals surface area contributed by atoms with Gasteiger partial charge in [0.2, 0.25) is 0 Å². The molecule has 0 saturated carbocycles. The van der Waals surface area contributed by atoms with Crippen LogP contribution in [0.1, 0.15) is 0 Å². The summed E-state index contributed by atoms with van der Waals surface area (Å²) in [6.45, 7) is 0. The van der Waals surface area contributed by atoms with Gasteiger partial charge in [0.1, 0.15) is 5.82 Å². The van der Waals surface area contributed by atoms with E-state index in [1.54, 1.807) is 31.6 Å². The lowest BCUT2D eigenvalue weighted by Gasteiger charge is -2.02. The highest BCUT2D eigenvalue weighted by Crippen LogP contribution is 2.32. The van der Waals surface area contributed by atoms with Gasteiger partial charge in [-0.2, -0.15) is 0 Å². The van der Waals surface area contributed by atoms with Crippen LogP contribution in [0, 0.1) is 5.82 Å². The molecule has 7 heteroatoms. The van der Waals surface area contributed by atoms with Crippen molar-refractivity contribution in [1.82, 2.24) is 20.3 Å². The first-order chi connectivity index (χ1) is 11.2. The van der Waals surface area contributed by atoms with Crippen molar-refractivity contribution in [1.29, 1.82) is 0 Å². The van der Waals surface area contributed by atoms with Crippen LogP contribution in [-0.2, 0) is 0 Å². The summed E-state index contributed by atoms with van der Waals surface area (Å²) >= 11 is 0.965. The van der Waals surface area contributed by atoms with Gasteiger partial charge in [0.15, 0.2) is 5.16 Å². The van der Waals surface area contributed by atoms with Crippen LogP contribution in [0.25, 0.3) is 22.5 Å². The standard InChI is InChI=1S/C16H13FN4OS/c1-18-16(22)23-15-20-13(10-2-4-12(17)5-3-10)14(21-15)11-6-8-19-9-7-11/h2-9H,1H3,(H,18,22)(H,20,21). The van der Waals surface area contributed by atoms with Crippen LogP contribution in [0.2, 0.25) is 0 Å². The number of aromatic amines is 1. The van der Waals surface area contributed by atoms with Crippen LogP contribution < -0.4 is 5.32 Å². The molecule has 116 valence electrons. The third-order valence-electron chi connectivity index (χ3n) is 3.16. The molecule has 2 N–H and O–H groups in total. The molecule has 0 radical (unpaired) electrons. The van der Waals surface area contributed by atoms with E-state index in [0.29, 0.717) is 10.9 Å². The first-order valence-corrected chi connectivity index (χ1v) is 7.65. The van der Waals surface area contributed by atoms with Crippen LogP contribution >= 0.6 is 11.8 Å². The van der Waals surface area contributed by atoms with Crippen LogP contribution in [0.4, 0.5) is 9.18 Å². The number of halogens is 1. The number of hydrogen-bond acceptors (Lipinski definition) is 4. The summed E-state index contributed by atoms with van der Waals surface area (Å²) in [5.41, 5.74) is 3.06. The van der Waals surface area contributed by atoms with Gasteiger partial charge in [-0.1, -0.05) is 0 Å². The van der Waals surface area contributed by atoms with Gasteiger partial charge in [-0.15, -0.1) is 0 Å². The van der Waals surface area contributed by atoms with E-state index in [0.717, 1.165) is 28.6 Å². The van der Waals surface area contributed by atoms with Crippen LogP contribution in [0.3, 0.4) is 0 Å². The van der Waals surface area contributed by atoms with Crippen LogP contribution in [-0.4, -0.2) is 27.2 Å². The van der Waals surface area contributed by atoms with Crippen molar-refractivity contribution >= 4 is 17.0 Å². The first-order valence-electron chi connectivity index (χ1n) is 6.83. The fourth-order valence-corrected chi connectivity index (χ4v) is 2.65. The summed E-state index contributed by atoms with van der Waals surface area (Å²) < 4.78 is 13.2. The summed E-state index contributed by atoms with van der Waals surface area (Å²) in [5.74, 6) is -0.310. The third kappa shape index (κ3) is 3.40. The zero-order valence-corrected chi connectivity index (χ0v) is 13.0. The van der Waals surface area contributed by atoms with E-state index in [-0.39, 0.29) is 11.1 Å². The molecule has 0 aliphatic heterocycles. The number of nitrogens with one attached hydrogen (secondary N) is 2. The number of thioether (sulfide) groups is 1. The maximum Gasteiger partial charge on any atom is 0.286 e. The third-order valence-corrected chi connectivity index (χ3v) is 3.94. The van der Waals surface area contributed by atoms with E-state index in [2.05, 4.69) is 20.3 Å². The first kappa shape index (κ1) is 15.2. The van der Waals surface area contributed by atoms with Crippen molar-refractivity contribution in [2.24, 2.45) is 0 Å². The highest BCUT2D eigenvalue weighted by Gasteiger charge is 2.16. The average Bonchev–Trinajstić information content (AvgIpc) is 3.00. The number of pyridine rings is 1. The highest BCUT2D eigenvalue weighted by atomic mass is 32.2. The Hall–Kier alpha value is -2.67. The minimum atomic E-state index is -0.310. The monoisotopic (exact) mass is 328 g/mol. The van der Waals surface area contributed by atoms with Gasteiger partial charge < -0.3 is 10.3 Å². The molecule has 0 unspecified atom stereocenters. The van der Waals surface area contributed by atoms with E-state index >= 15 is 0 Å². The number of aromatic nitrogens is 3. The molecule has 0 spiro atoms. The molecule has 0 aliphatic carbocycles. The normalized spacial score (nSPS) is 10.5. The number of hydrogen-bond donors (Lipinski definition) is 2. The second-order valence-corrected chi connectivity index (χ2v) is 5.61. The Balaban J connectivity index is 2.08. The van der Waals surface area contributed by atoms with Gasteiger partial charge >= 0.3 is 0 Å². The zero-order valence-electron chi connectivity index (χ0n) is 12.2. The van der Waals surface area contributed by atoms with Crippen LogP contribution in [0.5, 0.6) is 0 Å². The number of imidazole rings is 1. The Kier molecular flexibility index (Phi) is 4.38. The Morgan fingerprint density at radius 1 is 1.13 bits per heavy atom. The molecule has 1 amide bonds. The zero-order chi connectivity index (χ0) is 16.2. The summed E-state index contributed by atoms with van der Waals surface area (Å²) in [5, 5.41) is 2.78. The van der Waals surface area contributed by atoms with E-state index in [1.807, 2.05) is 12.1 Å². The lowest BCUT2D eigenvalue weighted by molar-refractivity contribution is 0.262. The van der Waals surface area contributed by atoms with Crippen molar-refractivity contribution in [3.05, 3.63) is 54.6 Å². The van der Waals surface area contributed by atoms with Crippen molar-refractivity contribution in [2.45, 2.75) is 5.16 Å². The molecule has 5 nitrogen and oxygen atoms in total. The molecule has 0 saturated heterocycles. The summed E-state index contributed by atoms with van der Waals surface area (Å²) in [6, 6.07) is 9.76. The summed E-state index contributed by atoms with van der Waals surface area (Å²) in [6.07, 6.45) is 3.35. The number of amides is 1. The van der Waals surface area contributed by atoms with Crippen LogP contribution in [0.15, 0.2) is 53.9 Å². The maximum atomic E-state index is 13.2. The number of H-pyrrole nitrogens is 1. The van der Waals surface area contributed by atoms with Gasteiger partial charge in [-0.3, -0.25) is 9.78 Å². The molecular formula is C16H13FN4OS. The van der Waals surface area contributed by atoms with E-state index < -0.39 is 0 Å². The van der Waals surface area contributed by atoms with E-state index in [4.69, 9.17) is 0 Å². The fraction of sp³-hybridized carbons (Fsp3) is 0.0625. The summed E-state index contributed by atoms with van der Waals surface area (Å²) in [4.78, 5) is 23.2. The molecule has 2 aromatic heterocycles. The van der Waals surface area contributed by atoms with Gasteiger partial charge in [0.25, 0.3) is 5.24 Å². The number of rotatable bonds is 3. The number of nitrogens with zero attached hydrogens (tertiary/aromatic N) is 2. The molecule has 0 atom stereocenters. The molecule has 2 heterocycles. The minimum absolute atomic E-state index is 0.217. The largest absolute Gasteiger partial charge is 0.350 e. The molecule has 1 aromatic carbocycles. The van der Waals surface area contributed by atoms with Crippen molar-refractivity contribution < 1.29 is 9.18 Å². The average molecular weight is 328 g/mol. The molecule has 23 heavy (non-hydrogen) atoms. The van der Waals surface area contributed by atoms with E-state index in [9.17, 15) is 9.18 Å². The van der Waals surface area contributed by atoms with Crippen molar-refractivity contribution in [3.63, 3.8) is 0 Å². The topological polar surface area (TPSA) is 70.7 Å². The van der Waals surface area contributed by atoms with Gasteiger partial charge in [-0.05, 0) is 36.4 Å². The molecule has 3 rings (SSSR count). The predicted octanol–water partition coefficient (Wildman–Crippen LogP) is 3.71. The Labute approximate surface area is 136 Å². The highest BCUT2D eigenvalue weighted by molar-refractivity contribution is 8.13. The number of carbonyl (C=O) groups is 1. The molecule has 0 bridgehead atoms. The molecule has 0 aliphatic rings. The number of carbonyl (C=O) groups excluding carboxylic acids is 1. The smallest absolute Gasteiger partial charge is 0.286 e. The molecule has 3 aromatic rings. The van der Waals surface area contributed by atoms with Crippen molar-refractivity contribution in [2.75, 3.05) is 7.05 Å². The minimum Gasteiger partial charge on any atom is -0.350 e. The fourth-order valence-electron chi connectivity index (χ4n) is 2.08. The quantitative estimate of drug-likeness (QED) is 0.719. The van der Waals surface area contributed by atoms with Gasteiger partial charge in [0.05, 0.1) is 11.4 Å². The SMILES string of the molecule is CNC(=O)Sc1nc(-c2ccc(F)cc2)c(-c2ccncc2)[nH]1. The van der Waals surface area contributed by atoms with Crippen molar-refractivity contribution in [3.8, 4) is 22.5 Å². The predicted molar refractivity (Wildman–Crippen MR) is 87.5 cm³/mol. The summed E-state index contributed by atoms with van der Waals surface area (Å²) in [7, 11) is 1.56. The number of benzene rings is 1. The second-order valence-electron chi connectivity index (χ2n) is 4.65. The Bertz CT molecular complexity index is 818. The molecule has 0 fully saturated rings.